The number of aromatic nitrogens is 1. The molecule has 6 N–H and O–H groups in total. The summed E-state index contributed by atoms with van der Waals surface area (Å²) in [5.41, 5.74) is 16.0. The Hall–Kier alpha value is -4.72. The number of carbonyl (C=O) groups is 1. The van der Waals surface area contributed by atoms with Gasteiger partial charge in [-0.05, 0) is 61.0 Å². The molecular formula is C25H23N7O. The van der Waals surface area contributed by atoms with Crippen molar-refractivity contribution in [1.29, 1.82) is 0 Å². The molecule has 0 spiro atoms. The van der Waals surface area contributed by atoms with Gasteiger partial charge < -0.3 is 22.1 Å². The molecule has 0 atom stereocenters. The van der Waals surface area contributed by atoms with Crippen LogP contribution in [0.2, 0.25) is 0 Å². The van der Waals surface area contributed by atoms with Crippen molar-refractivity contribution in [2.24, 2.45) is 21.7 Å². The molecular weight excluding hydrogens is 414 g/mol. The van der Waals surface area contributed by atoms with Crippen molar-refractivity contribution in [1.82, 2.24) is 4.98 Å². The number of fused-ring (bicyclic) bond motifs is 1. The molecule has 8 heteroatoms. The third-order valence-electron chi connectivity index (χ3n) is 4.93. The SMILES string of the molecule is C/C(=N\N=C(N)N)c1cccc(NC(=O)c2ccc(Nc3ccnc4ccccc34)cc2)c1. The fourth-order valence-corrected chi connectivity index (χ4v) is 3.28. The number of hydrogen-bond donors (Lipinski definition) is 4. The molecule has 164 valence electrons. The lowest BCUT2D eigenvalue weighted by atomic mass is 10.1. The highest BCUT2D eigenvalue weighted by molar-refractivity contribution is 6.06. The zero-order chi connectivity index (χ0) is 23.2. The molecule has 8 nitrogen and oxygen atoms in total. The lowest BCUT2D eigenvalue weighted by Gasteiger charge is -2.11. The molecule has 0 aliphatic carbocycles. The number of nitrogens with zero attached hydrogens (tertiary/aromatic N) is 3. The Balaban J connectivity index is 1.46. The van der Waals surface area contributed by atoms with E-state index in [0.29, 0.717) is 17.0 Å². The number of carbonyl (C=O) groups excluding carboxylic acids is 1. The maximum Gasteiger partial charge on any atom is 0.255 e. The highest BCUT2D eigenvalue weighted by atomic mass is 16.1. The molecule has 4 aromatic rings. The van der Waals surface area contributed by atoms with Crippen LogP contribution >= 0.6 is 0 Å². The first-order valence-corrected chi connectivity index (χ1v) is 10.3. The van der Waals surface area contributed by atoms with Gasteiger partial charge in [0, 0.05) is 34.2 Å². The van der Waals surface area contributed by atoms with Crippen molar-refractivity contribution in [3.05, 3.63) is 96.2 Å². The number of guanidine groups is 1. The van der Waals surface area contributed by atoms with Crippen LogP contribution in [-0.4, -0.2) is 22.6 Å². The van der Waals surface area contributed by atoms with Gasteiger partial charge in [-0.15, -0.1) is 5.10 Å². The zero-order valence-corrected chi connectivity index (χ0v) is 18.0. The van der Waals surface area contributed by atoms with Crippen LogP contribution in [0, 0.1) is 0 Å². The lowest BCUT2D eigenvalue weighted by Crippen LogP contribution is -2.22. The summed E-state index contributed by atoms with van der Waals surface area (Å²) in [6.07, 6.45) is 1.77. The van der Waals surface area contributed by atoms with Crippen LogP contribution in [0.5, 0.6) is 0 Å². The van der Waals surface area contributed by atoms with Gasteiger partial charge in [0.2, 0.25) is 5.96 Å². The van der Waals surface area contributed by atoms with Crippen molar-refractivity contribution >= 4 is 45.5 Å². The van der Waals surface area contributed by atoms with Crippen molar-refractivity contribution in [2.75, 3.05) is 10.6 Å². The molecule has 3 aromatic carbocycles. The minimum Gasteiger partial charge on any atom is -0.369 e. The summed E-state index contributed by atoms with van der Waals surface area (Å²) in [5.74, 6) is -0.333. The Kier molecular flexibility index (Phi) is 6.26. The van der Waals surface area contributed by atoms with Crippen molar-refractivity contribution < 1.29 is 4.79 Å². The van der Waals surface area contributed by atoms with E-state index in [2.05, 4.69) is 25.8 Å². The lowest BCUT2D eigenvalue weighted by molar-refractivity contribution is 0.102. The van der Waals surface area contributed by atoms with E-state index in [1.165, 1.54) is 0 Å². The molecule has 0 aliphatic heterocycles. The van der Waals surface area contributed by atoms with Crippen LogP contribution in [-0.2, 0) is 0 Å². The van der Waals surface area contributed by atoms with Gasteiger partial charge in [-0.25, -0.2) is 0 Å². The van der Waals surface area contributed by atoms with Crippen LogP contribution < -0.4 is 22.1 Å². The molecule has 1 amide bonds. The topological polar surface area (TPSA) is 131 Å². The summed E-state index contributed by atoms with van der Waals surface area (Å²) in [6, 6.07) is 24.4. The first-order chi connectivity index (χ1) is 16.0. The Morgan fingerprint density at radius 3 is 2.42 bits per heavy atom. The third-order valence-corrected chi connectivity index (χ3v) is 4.93. The van der Waals surface area contributed by atoms with Crippen molar-refractivity contribution in [3.63, 3.8) is 0 Å². The number of hydrogen-bond acceptors (Lipinski definition) is 5. The summed E-state index contributed by atoms with van der Waals surface area (Å²) >= 11 is 0. The number of rotatable bonds is 6. The molecule has 1 heterocycles. The van der Waals surface area contributed by atoms with Gasteiger partial charge in [-0.2, -0.15) is 5.10 Å². The van der Waals surface area contributed by atoms with E-state index in [1.807, 2.05) is 60.7 Å². The van der Waals surface area contributed by atoms with E-state index in [-0.39, 0.29) is 11.9 Å². The fourth-order valence-electron chi connectivity index (χ4n) is 3.28. The number of amides is 1. The average Bonchev–Trinajstić information content (AvgIpc) is 2.83. The number of nitrogens with two attached hydrogens (primary N) is 2. The summed E-state index contributed by atoms with van der Waals surface area (Å²) in [7, 11) is 0. The van der Waals surface area contributed by atoms with Gasteiger partial charge in [-0.3, -0.25) is 9.78 Å². The first kappa shape index (κ1) is 21.5. The molecule has 0 unspecified atom stereocenters. The van der Waals surface area contributed by atoms with E-state index in [0.717, 1.165) is 27.8 Å². The molecule has 0 radical (unpaired) electrons. The van der Waals surface area contributed by atoms with Crippen molar-refractivity contribution in [3.8, 4) is 0 Å². The Bertz CT molecular complexity index is 1350. The van der Waals surface area contributed by atoms with Crippen LogP contribution in [0.15, 0.2) is 95.3 Å². The molecule has 0 fully saturated rings. The van der Waals surface area contributed by atoms with E-state index in [9.17, 15) is 4.79 Å². The normalized spacial score (nSPS) is 11.1. The largest absolute Gasteiger partial charge is 0.369 e. The third kappa shape index (κ3) is 5.31. The zero-order valence-electron chi connectivity index (χ0n) is 18.0. The van der Waals surface area contributed by atoms with Gasteiger partial charge in [0.15, 0.2) is 0 Å². The second-order valence-electron chi connectivity index (χ2n) is 7.32. The summed E-state index contributed by atoms with van der Waals surface area (Å²) in [4.78, 5) is 17.1. The molecule has 33 heavy (non-hydrogen) atoms. The number of anilines is 3. The number of para-hydroxylation sites is 1. The molecule has 0 saturated carbocycles. The van der Waals surface area contributed by atoms with Crippen LogP contribution in [0.3, 0.4) is 0 Å². The second-order valence-corrected chi connectivity index (χ2v) is 7.32. The monoisotopic (exact) mass is 437 g/mol. The number of nitrogens with one attached hydrogen (secondary N) is 2. The van der Waals surface area contributed by atoms with E-state index in [4.69, 9.17) is 11.5 Å². The highest BCUT2D eigenvalue weighted by Crippen LogP contribution is 2.25. The summed E-state index contributed by atoms with van der Waals surface area (Å²) in [6.45, 7) is 1.78. The number of benzene rings is 3. The standard InChI is InChI=1S/C25H23N7O/c1-16(31-32-25(26)27)18-5-4-6-20(15-18)30-24(33)17-9-11-19(12-10-17)29-23-13-14-28-22-8-3-2-7-21(22)23/h2-15H,1H3,(H,28,29)(H,30,33)(H4,26,27,32)/b31-16+. The second kappa shape index (κ2) is 9.61. The van der Waals surface area contributed by atoms with Gasteiger partial charge in [-0.1, -0.05) is 30.3 Å². The predicted octanol–water partition coefficient (Wildman–Crippen LogP) is 4.23. The maximum absolute atomic E-state index is 12.7. The van der Waals surface area contributed by atoms with Gasteiger partial charge in [0.05, 0.1) is 11.2 Å². The minimum absolute atomic E-state index is 0.117. The fraction of sp³-hybridized carbons (Fsp3) is 0.0400. The average molecular weight is 438 g/mol. The maximum atomic E-state index is 12.7. The first-order valence-electron chi connectivity index (χ1n) is 10.3. The van der Waals surface area contributed by atoms with Gasteiger partial charge >= 0.3 is 0 Å². The van der Waals surface area contributed by atoms with Gasteiger partial charge in [0.1, 0.15) is 0 Å². The Labute approximate surface area is 191 Å². The molecule has 1 aromatic heterocycles. The van der Waals surface area contributed by atoms with E-state index < -0.39 is 0 Å². The van der Waals surface area contributed by atoms with E-state index >= 15 is 0 Å². The molecule has 0 bridgehead atoms. The predicted molar refractivity (Wildman–Crippen MR) is 134 cm³/mol. The Morgan fingerprint density at radius 2 is 1.64 bits per heavy atom. The number of pyridine rings is 1. The van der Waals surface area contributed by atoms with Crippen LogP contribution in [0.1, 0.15) is 22.8 Å². The summed E-state index contributed by atoms with van der Waals surface area (Å²) < 4.78 is 0. The quantitative estimate of drug-likeness (QED) is 0.204. The minimum atomic E-state index is -0.216. The molecule has 0 saturated heterocycles. The molecule has 4 rings (SSSR count). The van der Waals surface area contributed by atoms with Crippen LogP contribution in [0.4, 0.5) is 17.1 Å². The van der Waals surface area contributed by atoms with Crippen LogP contribution in [0.25, 0.3) is 10.9 Å². The smallest absolute Gasteiger partial charge is 0.255 e. The van der Waals surface area contributed by atoms with Crippen molar-refractivity contribution in [2.45, 2.75) is 6.92 Å². The molecule has 0 aliphatic rings. The summed E-state index contributed by atoms with van der Waals surface area (Å²) in [5, 5.41) is 14.9. The Morgan fingerprint density at radius 1 is 0.848 bits per heavy atom. The highest BCUT2D eigenvalue weighted by Gasteiger charge is 2.08. The van der Waals surface area contributed by atoms with Gasteiger partial charge in [0.25, 0.3) is 5.91 Å². The van der Waals surface area contributed by atoms with E-state index in [1.54, 1.807) is 31.3 Å².